The van der Waals surface area contributed by atoms with E-state index in [1.54, 1.807) is 36.6 Å². The number of hydrogen-bond donors (Lipinski definition) is 1. The van der Waals surface area contributed by atoms with Gasteiger partial charge in [0.25, 0.3) is 5.91 Å². The SMILES string of the molecule is Cc1ccc(C(=O)Nc2cccc(-c3csc(-c4ccccn4)n3)c2)o1. The largest absolute Gasteiger partial charge is 0.456 e. The molecular weight excluding hydrogens is 346 g/mol. The molecule has 3 aromatic heterocycles. The summed E-state index contributed by atoms with van der Waals surface area (Å²) < 4.78 is 5.36. The topological polar surface area (TPSA) is 68.0 Å². The monoisotopic (exact) mass is 361 g/mol. The Labute approximate surface area is 154 Å². The number of thiazole rings is 1. The Bertz CT molecular complexity index is 1050. The van der Waals surface area contributed by atoms with Gasteiger partial charge in [-0.1, -0.05) is 18.2 Å². The fourth-order valence-corrected chi connectivity index (χ4v) is 3.32. The van der Waals surface area contributed by atoms with E-state index >= 15 is 0 Å². The molecule has 128 valence electrons. The van der Waals surface area contributed by atoms with Crippen molar-refractivity contribution in [3.8, 4) is 22.0 Å². The number of carbonyl (C=O) groups excluding carboxylic acids is 1. The summed E-state index contributed by atoms with van der Waals surface area (Å²) in [6.45, 7) is 1.80. The second kappa shape index (κ2) is 6.93. The van der Waals surface area contributed by atoms with E-state index in [1.165, 1.54) is 0 Å². The van der Waals surface area contributed by atoms with E-state index < -0.39 is 0 Å². The van der Waals surface area contributed by atoms with Crippen molar-refractivity contribution in [2.75, 3.05) is 5.32 Å². The minimum atomic E-state index is -0.275. The van der Waals surface area contributed by atoms with Crippen LogP contribution in [-0.4, -0.2) is 15.9 Å². The van der Waals surface area contributed by atoms with Crippen molar-refractivity contribution >= 4 is 22.9 Å². The average molecular weight is 361 g/mol. The van der Waals surface area contributed by atoms with Crippen LogP contribution in [0.25, 0.3) is 22.0 Å². The lowest BCUT2D eigenvalue weighted by Gasteiger charge is -2.05. The van der Waals surface area contributed by atoms with Crippen LogP contribution in [0.4, 0.5) is 5.69 Å². The van der Waals surface area contributed by atoms with Gasteiger partial charge in [0.2, 0.25) is 0 Å². The Morgan fingerprint density at radius 3 is 2.77 bits per heavy atom. The lowest BCUT2D eigenvalue weighted by molar-refractivity contribution is 0.0995. The molecule has 1 amide bonds. The molecule has 1 aromatic carbocycles. The molecule has 4 aromatic rings. The van der Waals surface area contributed by atoms with Crippen molar-refractivity contribution in [2.45, 2.75) is 6.92 Å². The zero-order valence-corrected chi connectivity index (χ0v) is 14.8. The van der Waals surface area contributed by atoms with Gasteiger partial charge in [0.1, 0.15) is 10.8 Å². The predicted molar refractivity (Wildman–Crippen MR) is 102 cm³/mol. The Kier molecular flexibility index (Phi) is 4.33. The summed E-state index contributed by atoms with van der Waals surface area (Å²) in [4.78, 5) is 21.2. The minimum absolute atomic E-state index is 0.275. The standard InChI is InChI=1S/C20H15N3O2S/c1-13-8-9-18(25-13)19(24)22-15-6-4-5-14(11-15)17-12-26-20(23-17)16-7-2-3-10-21-16/h2-12H,1H3,(H,22,24). The molecule has 5 nitrogen and oxygen atoms in total. The Morgan fingerprint density at radius 2 is 2.00 bits per heavy atom. The predicted octanol–water partition coefficient (Wildman–Crippen LogP) is 5.03. The van der Waals surface area contributed by atoms with Gasteiger partial charge in [-0.2, -0.15) is 0 Å². The number of hydrogen-bond acceptors (Lipinski definition) is 5. The first-order chi connectivity index (χ1) is 12.7. The first-order valence-corrected chi connectivity index (χ1v) is 8.92. The molecule has 0 aliphatic rings. The normalized spacial score (nSPS) is 10.7. The lowest BCUT2D eigenvalue weighted by Crippen LogP contribution is -2.10. The smallest absolute Gasteiger partial charge is 0.291 e. The molecule has 0 radical (unpaired) electrons. The summed E-state index contributed by atoms with van der Waals surface area (Å²) in [7, 11) is 0. The fraction of sp³-hybridized carbons (Fsp3) is 0.0500. The number of rotatable bonds is 4. The molecule has 0 unspecified atom stereocenters. The van der Waals surface area contributed by atoms with E-state index in [2.05, 4.69) is 15.3 Å². The zero-order chi connectivity index (χ0) is 17.9. The number of nitrogens with zero attached hydrogens (tertiary/aromatic N) is 2. The van der Waals surface area contributed by atoms with E-state index in [1.807, 2.05) is 47.8 Å². The third-order valence-electron chi connectivity index (χ3n) is 3.77. The van der Waals surface area contributed by atoms with Crippen LogP contribution in [-0.2, 0) is 0 Å². The van der Waals surface area contributed by atoms with Crippen LogP contribution >= 0.6 is 11.3 Å². The van der Waals surface area contributed by atoms with Crippen molar-refractivity contribution in [2.24, 2.45) is 0 Å². The summed E-state index contributed by atoms with van der Waals surface area (Å²) in [5.74, 6) is 0.718. The van der Waals surface area contributed by atoms with E-state index in [0.717, 1.165) is 22.0 Å². The van der Waals surface area contributed by atoms with Crippen LogP contribution in [0.15, 0.2) is 70.6 Å². The molecule has 3 heterocycles. The highest BCUT2D eigenvalue weighted by Gasteiger charge is 2.12. The molecule has 0 atom stereocenters. The van der Waals surface area contributed by atoms with Crippen LogP contribution in [0.3, 0.4) is 0 Å². The summed E-state index contributed by atoms with van der Waals surface area (Å²) in [6.07, 6.45) is 1.75. The number of benzene rings is 1. The maximum Gasteiger partial charge on any atom is 0.291 e. The number of amides is 1. The van der Waals surface area contributed by atoms with Gasteiger partial charge in [-0.25, -0.2) is 4.98 Å². The van der Waals surface area contributed by atoms with Gasteiger partial charge in [-0.15, -0.1) is 11.3 Å². The Morgan fingerprint density at radius 1 is 1.08 bits per heavy atom. The lowest BCUT2D eigenvalue weighted by atomic mass is 10.1. The van der Waals surface area contributed by atoms with E-state index in [4.69, 9.17) is 4.42 Å². The van der Waals surface area contributed by atoms with Gasteiger partial charge >= 0.3 is 0 Å². The molecule has 0 saturated carbocycles. The number of pyridine rings is 1. The van der Waals surface area contributed by atoms with Crippen LogP contribution in [0.2, 0.25) is 0 Å². The fourth-order valence-electron chi connectivity index (χ4n) is 2.52. The van der Waals surface area contributed by atoms with Gasteiger partial charge in [0.15, 0.2) is 5.76 Å². The molecule has 4 rings (SSSR count). The molecule has 0 bridgehead atoms. The Hall–Kier alpha value is -3.25. The van der Waals surface area contributed by atoms with Crippen molar-refractivity contribution in [1.29, 1.82) is 0 Å². The highest BCUT2D eigenvalue weighted by atomic mass is 32.1. The molecular formula is C20H15N3O2S. The van der Waals surface area contributed by atoms with Gasteiger partial charge in [-0.3, -0.25) is 9.78 Å². The third-order valence-corrected chi connectivity index (χ3v) is 4.63. The molecule has 1 N–H and O–H groups in total. The van der Waals surface area contributed by atoms with Gasteiger partial charge in [0, 0.05) is 22.8 Å². The summed E-state index contributed by atoms with van der Waals surface area (Å²) >= 11 is 1.54. The molecule has 0 spiro atoms. The molecule has 0 saturated heterocycles. The van der Waals surface area contributed by atoms with Crippen molar-refractivity contribution in [1.82, 2.24) is 9.97 Å². The summed E-state index contributed by atoms with van der Waals surface area (Å²) in [5.41, 5.74) is 3.31. The first kappa shape index (κ1) is 16.2. The van der Waals surface area contributed by atoms with Crippen LogP contribution in [0.1, 0.15) is 16.3 Å². The molecule has 26 heavy (non-hydrogen) atoms. The van der Waals surface area contributed by atoms with Gasteiger partial charge in [0.05, 0.1) is 11.4 Å². The second-order valence-electron chi connectivity index (χ2n) is 5.70. The van der Waals surface area contributed by atoms with E-state index in [9.17, 15) is 4.79 Å². The van der Waals surface area contributed by atoms with Crippen molar-refractivity contribution in [3.63, 3.8) is 0 Å². The van der Waals surface area contributed by atoms with Gasteiger partial charge in [-0.05, 0) is 43.3 Å². The third kappa shape index (κ3) is 3.41. The highest BCUT2D eigenvalue weighted by molar-refractivity contribution is 7.13. The van der Waals surface area contributed by atoms with Crippen LogP contribution in [0, 0.1) is 6.92 Å². The minimum Gasteiger partial charge on any atom is -0.456 e. The molecule has 0 fully saturated rings. The quantitative estimate of drug-likeness (QED) is 0.554. The average Bonchev–Trinajstić information content (AvgIpc) is 3.32. The maximum absolute atomic E-state index is 12.2. The number of aryl methyl sites for hydroxylation is 1. The number of furan rings is 1. The maximum atomic E-state index is 12.2. The molecule has 6 heteroatoms. The van der Waals surface area contributed by atoms with Gasteiger partial charge < -0.3 is 9.73 Å². The first-order valence-electron chi connectivity index (χ1n) is 8.04. The van der Waals surface area contributed by atoms with E-state index in [-0.39, 0.29) is 5.91 Å². The van der Waals surface area contributed by atoms with Crippen molar-refractivity contribution < 1.29 is 9.21 Å². The highest BCUT2D eigenvalue weighted by Crippen LogP contribution is 2.29. The second-order valence-corrected chi connectivity index (χ2v) is 6.56. The summed E-state index contributed by atoms with van der Waals surface area (Å²) in [5, 5.41) is 5.70. The molecule has 0 aliphatic carbocycles. The molecule has 0 aliphatic heterocycles. The van der Waals surface area contributed by atoms with Crippen molar-refractivity contribution in [3.05, 3.63) is 77.7 Å². The zero-order valence-electron chi connectivity index (χ0n) is 14.0. The number of nitrogens with one attached hydrogen (secondary N) is 1. The summed E-state index contributed by atoms with van der Waals surface area (Å²) in [6, 6.07) is 16.8. The van der Waals surface area contributed by atoms with Crippen LogP contribution in [0.5, 0.6) is 0 Å². The van der Waals surface area contributed by atoms with E-state index in [0.29, 0.717) is 17.2 Å². The number of anilines is 1. The van der Waals surface area contributed by atoms with Crippen LogP contribution < -0.4 is 5.32 Å². The number of carbonyl (C=O) groups is 1. The number of aromatic nitrogens is 2. The Balaban J connectivity index is 1.56.